The van der Waals surface area contributed by atoms with Gasteiger partial charge in [-0.1, -0.05) is 18.2 Å². The van der Waals surface area contributed by atoms with E-state index in [1.54, 1.807) is 36.1 Å². The van der Waals surface area contributed by atoms with E-state index in [0.29, 0.717) is 42.1 Å². The van der Waals surface area contributed by atoms with Gasteiger partial charge in [-0.25, -0.2) is 4.79 Å². The molecule has 0 bridgehead atoms. The lowest BCUT2D eigenvalue weighted by atomic mass is 9.91. The molecule has 0 saturated carbocycles. The number of likely N-dealkylation sites (tertiary alicyclic amines) is 1. The highest BCUT2D eigenvalue weighted by atomic mass is 32.1. The third-order valence-corrected chi connectivity index (χ3v) is 6.49. The van der Waals surface area contributed by atoms with Crippen molar-refractivity contribution in [1.29, 1.82) is 0 Å². The predicted molar refractivity (Wildman–Crippen MR) is 112 cm³/mol. The smallest absolute Gasteiger partial charge is 0.322 e. The second-order valence-corrected chi connectivity index (χ2v) is 8.59. The number of piperidine rings is 1. The number of carbonyl (C=O) groups excluding carboxylic acids is 4. The summed E-state index contributed by atoms with van der Waals surface area (Å²) in [4.78, 5) is 51.4. The van der Waals surface area contributed by atoms with Crippen LogP contribution in [0.3, 0.4) is 0 Å². The molecule has 1 atom stereocenters. The number of hydrogen-bond acceptors (Lipinski definition) is 5. The number of hydrogen-bond donors (Lipinski definition) is 3. The fourth-order valence-corrected chi connectivity index (χ4v) is 4.49. The van der Waals surface area contributed by atoms with Gasteiger partial charge in [-0.3, -0.25) is 19.7 Å². The van der Waals surface area contributed by atoms with E-state index in [1.165, 1.54) is 11.3 Å². The minimum Gasteiger partial charge on any atom is -0.338 e. The predicted octanol–water partition coefficient (Wildman–Crippen LogP) is 2.29. The van der Waals surface area contributed by atoms with Crippen LogP contribution in [0.5, 0.6) is 0 Å². The van der Waals surface area contributed by atoms with Crippen LogP contribution in [0.25, 0.3) is 0 Å². The van der Waals surface area contributed by atoms with Gasteiger partial charge in [-0.05, 0) is 48.9 Å². The maximum Gasteiger partial charge on any atom is 0.322 e. The quantitative estimate of drug-likeness (QED) is 0.652. The molecule has 4 rings (SSSR count). The third-order valence-electron chi connectivity index (χ3n) is 5.64. The monoisotopic (exact) mass is 426 g/mol. The first kappa shape index (κ1) is 20.1. The van der Waals surface area contributed by atoms with Crippen LogP contribution >= 0.6 is 11.3 Å². The fraction of sp³-hybridized carbons (Fsp3) is 0.333. The van der Waals surface area contributed by atoms with Crippen molar-refractivity contribution in [3.63, 3.8) is 0 Å². The van der Waals surface area contributed by atoms with Gasteiger partial charge in [0.05, 0.1) is 4.88 Å². The van der Waals surface area contributed by atoms with Crippen LogP contribution in [-0.2, 0) is 15.1 Å². The van der Waals surface area contributed by atoms with Crippen LogP contribution in [0.4, 0.5) is 10.5 Å². The Balaban J connectivity index is 1.38. The number of nitrogens with one attached hydrogen (secondary N) is 3. The Kier molecular flexibility index (Phi) is 5.29. The van der Waals surface area contributed by atoms with Gasteiger partial charge in [-0.15, -0.1) is 11.3 Å². The summed E-state index contributed by atoms with van der Waals surface area (Å²) >= 11 is 1.42. The highest BCUT2D eigenvalue weighted by Gasteiger charge is 2.43. The zero-order chi connectivity index (χ0) is 21.3. The highest BCUT2D eigenvalue weighted by Crippen LogP contribution is 2.27. The van der Waals surface area contributed by atoms with E-state index >= 15 is 0 Å². The van der Waals surface area contributed by atoms with Gasteiger partial charge in [0.15, 0.2) is 0 Å². The van der Waals surface area contributed by atoms with Crippen molar-refractivity contribution in [2.24, 2.45) is 5.92 Å². The Morgan fingerprint density at radius 3 is 2.57 bits per heavy atom. The number of rotatable bonds is 4. The third kappa shape index (κ3) is 3.80. The first-order valence-electron chi connectivity index (χ1n) is 9.74. The van der Waals surface area contributed by atoms with E-state index in [1.807, 2.05) is 17.5 Å². The standard InChI is InChI=1S/C21H22N4O4S/c1-21(19(28)23-20(29)24-21)14-4-2-5-15(12-14)22-17(26)13-7-9-25(10-8-13)18(27)16-6-3-11-30-16/h2-6,11-13H,7-10H2,1H3,(H,22,26)(H2,23,24,28,29)/t21-/m0/s1. The van der Waals surface area contributed by atoms with Gasteiger partial charge in [0.1, 0.15) is 5.54 Å². The summed E-state index contributed by atoms with van der Waals surface area (Å²) in [6.45, 7) is 2.70. The van der Waals surface area contributed by atoms with Crippen molar-refractivity contribution >= 4 is 40.8 Å². The first-order chi connectivity index (χ1) is 14.4. The van der Waals surface area contributed by atoms with Crippen molar-refractivity contribution in [2.45, 2.75) is 25.3 Å². The zero-order valence-corrected chi connectivity index (χ0v) is 17.3. The molecule has 2 aliphatic rings. The minimum absolute atomic E-state index is 0.0155. The number of nitrogens with zero attached hydrogens (tertiary/aromatic N) is 1. The molecule has 2 aromatic rings. The summed E-state index contributed by atoms with van der Waals surface area (Å²) in [6, 6.07) is 10.0. The molecule has 30 heavy (non-hydrogen) atoms. The Morgan fingerprint density at radius 2 is 1.93 bits per heavy atom. The molecule has 0 unspecified atom stereocenters. The van der Waals surface area contributed by atoms with Gasteiger partial charge in [-0.2, -0.15) is 0 Å². The lowest BCUT2D eigenvalue weighted by Crippen LogP contribution is -2.41. The summed E-state index contributed by atoms with van der Waals surface area (Å²) in [7, 11) is 0. The number of benzene rings is 1. The number of urea groups is 1. The lowest BCUT2D eigenvalue weighted by molar-refractivity contribution is -0.123. The molecular weight excluding hydrogens is 404 g/mol. The first-order valence-corrected chi connectivity index (χ1v) is 10.6. The van der Waals surface area contributed by atoms with Crippen molar-refractivity contribution in [3.05, 3.63) is 52.2 Å². The molecule has 3 heterocycles. The maximum absolute atomic E-state index is 12.7. The van der Waals surface area contributed by atoms with Crippen molar-refractivity contribution in [1.82, 2.24) is 15.5 Å². The number of anilines is 1. The Hall–Kier alpha value is -3.20. The molecule has 3 N–H and O–H groups in total. The van der Waals surface area contributed by atoms with E-state index in [4.69, 9.17) is 0 Å². The molecule has 0 aliphatic carbocycles. The average molecular weight is 426 g/mol. The average Bonchev–Trinajstić information content (AvgIpc) is 3.36. The molecule has 9 heteroatoms. The van der Waals surface area contributed by atoms with Crippen molar-refractivity contribution in [2.75, 3.05) is 18.4 Å². The van der Waals surface area contributed by atoms with Crippen LogP contribution in [0.15, 0.2) is 41.8 Å². The normalized spacial score (nSPS) is 21.8. The summed E-state index contributed by atoms with van der Waals surface area (Å²) in [5, 5.41) is 9.63. The molecule has 1 aromatic heterocycles. The Labute approximate surface area is 177 Å². The number of thiophene rings is 1. The fourth-order valence-electron chi connectivity index (χ4n) is 3.80. The molecule has 156 valence electrons. The Bertz CT molecular complexity index is 998. The van der Waals surface area contributed by atoms with Gasteiger partial charge < -0.3 is 15.5 Å². The van der Waals surface area contributed by atoms with E-state index in [0.717, 1.165) is 0 Å². The number of carbonyl (C=O) groups is 4. The van der Waals surface area contributed by atoms with Crippen LogP contribution in [0, 0.1) is 5.92 Å². The van der Waals surface area contributed by atoms with E-state index < -0.39 is 17.5 Å². The minimum atomic E-state index is -1.18. The van der Waals surface area contributed by atoms with Gasteiger partial charge in [0.25, 0.3) is 11.8 Å². The molecule has 0 radical (unpaired) electrons. The van der Waals surface area contributed by atoms with Gasteiger partial charge in [0, 0.05) is 24.7 Å². The van der Waals surface area contributed by atoms with Crippen LogP contribution in [0.2, 0.25) is 0 Å². The van der Waals surface area contributed by atoms with E-state index in [-0.39, 0.29) is 17.7 Å². The summed E-state index contributed by atoms with van der Waals surface area (Å²) in [5.74, 6) is -0.716. The SMILES string of the molecule is C[C@@]1(c2cccc(NC(=O)C3CCN(C(=O)c4cccs4)CC3)c2)NC(=O)NC1=O. The van der Waals surface area contributed by atoms with Crippen molar-refractivity contribution in [3.8, 4) is 0 Å². The van der Waals surface area contributed by atoms with Crippen LogP contribution in [0.1, 0.15) is 35.0 Å². The van der Waals surface area contributed by atoms with E-state index in [9.17, 15) is 19.2 Å². The number of imide groups is 1. The van der Waals surface area contributed by atoms with Crippen LogP contribution < -0.4 is 16.0 Å². The van der Waals surface area contributed by atoms with Gasteiger partial charge in [0.2, 0.25) is 5.91 Å². The van der Waals surface area contributed by atoms with E-state index in [2.05, 4.69) is 16.0 Å². The molecule has 2 fully saturated rings. The summed E-state index contributed by atoms with van der Waals surface area (Å²) < 4.78 is 0. The molecule has 8 nitrogen and oxygen atoms in total. The largest absolute Gasteiger partial charge is 0.338 e. The summed E-state index contributed by atoms with van der Waals surface area (Å²) in [5.41, 5.74) is -0.0320. The highest BCUT2D eigenvalue weighted by molar-refractivity contribution is 7.12. The topological polar surface area (TPSA) is 108 Å². The number of amides is 5. The molecule has 1 aromatic carbocycles. The molecular formula is C21H22N4O4S. The van der Waals surface area contributed by atoms with Crippen molar-refractivity contribution < 1.29 is 19.2 Å². The molecule has 0 spiro atoms. The maximum atomic E-state index is 12.7. The second kappa shape index (κ2) is 7.91. The summed E-state index contributed by atoms with van der Waals surface area (Å²) in [6.07, 6.45) is 1.19. The lowest BCUT2D eigenvalue weighted by Gasteiger charge is -2.31. The molecule has 5 amide bonds. The van der Waals surface area contributed by atoms with Gasteiger partial charge >= 0.3 is 6.03 Å². The molecule has 2 saturated heterocycles. The second-order valence-electron chi connectivity index (χ2n) is 7.65. The Morgan fingerprint density at radius 1 is 1.17 bits per heavy atom. The van der Waals surface area contributed by atoms with Crippen LogP contribution in [-0.4, -0.2) is 41.7 Å². The molecule has 2 aliphatic heterocycles. The zero-order valence-electron chi connectivity index (χ0n) is 16.4.